The maximum atomic E-state index is 13.1. The number of rotatable bonds is 3. The zero-order chi connectivity index (χ0) is 18.1. The summed E-state index contributed by atoms with van der Waals surface area (Å²) in [5.41, 5.74) is 5.78. The van der Waals surface area contributed by atoms with Crippen LogP contribution in [0.2, 0.25) is 0 Å². The fourth-order valence-corrected chi connectivity index (χ4v) is 3.89. The minimum absolute atomic E-state index is 0.0536. The number of esters is 1. The van der Waals surface area contributed by atoms with E-state index >= 15 is 0 Å². The number of hydrogen-bond donors (Lipinski definition) is 1. The van der Waals surface area contributed by atoms with Crippen LogP contribution in [0.1, 0.15) is 68.4 Å². The van der Waals surface area contributed by atoms with E-state index in [9.17, 15) is 9.59 Å². The van der Waals surface area contributed by atoms with Gasteiger partial charge in [0.2, 0.25) is 0 Å². The standard InChI is InChI=1S/C18H27N3O3/c1-6-24-16(23)14-9-7-8-13(20-14)15(22)21-17(2,3)10-12(19)11-18(21,4)5/h7-9,12H,6,10-11,19H2,1-5H3. The normalized spacial score (nSPS) is 19.8. The maximum absolute atomic E-state index is 13.1. The smallest absolute Gasteiger partial charge is 0.356 e. The molecule has 0 aliphatic carbocycles. The number of nitrogens with zero attached hydrogens (tertiary/aromatic N) is 2. The molecule has 1 aliphatic heterocycles. The number of aromatic nitrogens is 1. The molecule has 2 rings (SSSR count). The van der Waals surface area contributed by atoms with Crippen LogP contribution < -0.4 is 5.73 Å². The second-order valence-corrected chi connectivity index (χ2v) is 7.56. The highest BCUT2D eigenvalue weighted by Crippen LogP contribution is 2.38. The first kappa shape index (κ1) is 18.4. The Kier molecular flexibility index (Phi) is 4.99. The van der Waals surface area contributed by atoms with Crippen molar-refractivity contribution < 1.29 is 14.3 Å². The van der Waals surface area contributed by atoms with E-state index in [0.29, 0.717) is 0 Å². The molecule has 132 valence electrons. The van der Waals surface area contributed by atoms with Gasteiger partial charge in [-0.15, -0.1) is 0 Å². The van der Waals surface area contributed by atoms with Gasteiger partial charge >= 0.3 is 5.97 Å². The van der Waals surface area contributed by atoms with Gasteiger partial charge in [0.25, 0.3) is 5.91 Å². The molecule has 0 spiro atoms. The Hall–Kier alpha value is -1.95. The lowest BCUT2D eigenvalue weighted by atomic mass is 9.77. The number of pyridine rings is 1. The van der Waals surface area contributed by atoms with Crippen molar-refractivity contribution in [2.24, 2.45) is 5.73 Å². The summed E-state index contributed by atoms with van der Waals surface area (Å²) >= 11 is 0. The lowest BCUT2D eigenvalue weighted by molar-refractivity contribution is -0.0176. The molecule has 1 fully saturated rings. The Morgan fingerprint density at radius 3 is 2.29 bits per heavy atom. The first-order chi connectivity index (χ1) is 11.1. The molecule has 0 atom stereocenters. The number of carbonyl (C=O) groups excluding carboxylic acids is 2. The third-order valence-corrected chi connectivity index (χ3v) is 4.39. The molecule has 24 heavy (non-hydrogen) atoms. The van der Waals surface area contributed by atoms with Crippen LogP contribution in [0.15, 0.2) is 18.2 Å². The number of amides is 1. The van der Waals surface area contributed by atoms with Gasteiger partial charge in [0.05, 0.1) is 6.61 Å². The zero-order valence-corrected chi connectivity index (χ0v) is 15.1. The molecular weight excluding hydrogens is 306 g/mol. The van der Waals surface area contributed by atoms with Crippen LogP contribution in [0.3, 0.4) is 0 Å². The number of carbonyl (C=O) groups is 2. The zero-order valence-electron chi connectivity index (χ0n) is 15.1. The van der Waals surface area contributed by atoms with Gasteiger partial charge in [-0.05, 0) is 59.6 Å². The number of likely N-dealkylation sites (tertiary alicyclic amines) is 1. The summed E-state index contributed by atoms with van der Waals surface area (Å²) in [4.78, 5) is 31.1. The molecule has 2 heterocycles. The molecule has 0 radical (unpaired) electrons. The molecule has 0 aromatic carbocycles. The van der Waals surface area contributed by atoms with E-state index in [1.807, 2.05) is 32.6 Å². The first-order valence-electron chi connectivity index (χ1n) is 8.33. The summed E-state index contributed by atoms with van der Waals surface area (Å²) in [7, 11) is 0. The van der Waals surface area contributed by atoms with Gasteiger partial charge in [-0.1, -0.05) is 6.07 Å². The van der Waals surface area contributed by atoms with E-state index in [-0.39, 0.29) is 41.0 Å². The van der Waals surface area contributed by atoms with Crippen LogP contribution in [0.5, 0.6) is 0 Å². The second-order valence-electron chi connectivity index (χ2n) is 7.56. The molecule has 1 aromatic rings. The Morgan fingerprint density at radius 1 is 1.21 bits per heavy atom. The van der Waals surface area contributed by atoms with Crippen molar-refractivity contribution in [3.8, 4) is 0 Å². The Morgan fingerprint density at radius 2 is 1.75 bits per heavy atom. The van der Waals surface area contributed by atoms with E-state index in [0.717, 1.165) is 12.8 Å². The molecular formula is C18H27N3O3. The van der Waals surface area contributed by atoms with Crippen LogP contribution in [0.4, 0.5) is 0 Å². The van der Waals surface area contributed by atoms with E-state index in [4.69, 9.17) is 10.5 Å². The minimum Gasteiger partial charge on any atom is -0.461 e. The van der Waals surface area contributed by atoms with E-state index in [1.165, 1.54) is 0 Å². The highest BCUT2D eigenvalue weighted by Gasteiger charge is 2.47. The highest BCUT2D eigenvalue weighted by molar-refractivity contribution is 5.95. The molecule has 6 nitrogen and oxygen atoms in total. The first-order valence-corrected chi connectivity index (χ1v) is 8.33. The van der Waals surface area contributed by atoms with Crippen LogP contribution >= 0.6 is 0 Å². The number of piperidine rings is 1. The van der Waals surface area contributed by atoms with Crippen LogP contribution in [-0.4, -0.2) is 45.5 Å². The van der Waals surface area contributed by atoms with Crippen molar-refractivity contribution >= 4 is 11.9 Å². The summed E-state index contributed by atoms with van der Waals surface area (Å²) in [5, 5.41) is 0. The van der Waals surface area contributed by atoms with Gasteiger partial charge in [0.1, 0.15) is 11.4 Å². The van der Waals surface area contributed by atoms with Crippen molar-refractivity contribution in [1.29, 1.82) is 0 Å². The number of ether oxygens (including phenoxy) is 1. The van der Waals surface area contributed by atoms with Gasteiger partial charge in [-0.2, -0.15) is 0 Å². The summed E-state index contributed by atoms with van der Waals surface area (Å²) in [6, 6.07) is 4.89. The summed E-state index contributed by atoms with van der Waals surface area (Å²) in [5.74, 6) is -0.714. The third kappa shape index (κ3) is 3.59. The molecule has 0 unspecified atom stereocenters. The van der Waals surface area contributed by atoms with Crippen LogP contribution in [-0.2, 0) is 4.74 Å². The number of hydrogen-bond acceptors (Lipinski definition) is 5. The molecule has 1 amide bonds. The third-order valence-electron chi connectivity index (χ3n) is 4.39. The summed E-state index contributed by atoms with van der Waals surface area (Å²) in [6.45, 7) is 10.1. The Balaban J connectivity index is 2.37. The van der Waals surface area contributed by atoms with E-state index in [1.54, 1.807) is 25.1 Å². The molecule has 1 saturated heterocycles. The topological polar surface area (TPSA) is 85.5 Å². The van der Waals surface area contributed by atoms with Crippen molar-refractivity contribution in [3.05, 3.63) is 29.6 Å². The molecule has 0 saturated carbocycles. The average Bonchev–Trinajstić information content (AvgIpc) is 2.44. The van der Waals surface area contributed by atoms with Gasteiger partial charge in [-0.25, -0.2) is 9.78 Å². The van der Waals surface area contributed by atoms with Gasteiger partial charge < -0.3 is 15.4 Å². The average molecular weight is 333 g/mol. The predicted octanol–water partition coefficient (Wildman–Crippen LogP) is 2.38. The molecule has 2 N–H and O–H groups in total. The fraction of sp³-hybridized carbons (Fsp3) is 0.611. The molecule has 1 aliphatic rings. The SMILES string of the molecule is CCOC(=O)c1cccc(C(=O)N2C(C)(C)CC(N)CC2(C)C)n1. The quantitative estimate of drug-likeness (QED) is 0.858. The van der Waals surface area contributed by atoms with Crippen molar-refractivity contribution in [3.63, 3.8) is 0 Å². The van der Waals surface area contributed by atoms with Crippen molar-refractivity contribution in [1.82, 2.24) is 9.88 Å². The number of nitrogens with two attached hydrogens (primary N) is 1. The van der Waals surface area contributed by atoms with Crippen LogP contribution in [0.25, 0.3) is 0 Å². The van der Waals surface area contributed by atoms with Gasteiger partial charge in [0.15, 0.2) is 0 Å². The monoisotopic (exact) mass is 333 g/mol. The Labute approximate surface area is 143 Å². The highest BCUT2D eigenvalue weighted by atomic mass is 16.5. The Bertz CT molecular complexity index is 622. The van der Waals surface area contributed by atoms with Gasteiger partial charge in [0, 0.05) is 17.1 Å². The minimum atomic E-state index is -0.522. The maximum Gasteiger partial charge on any atom is 0.356 e. The summed E-state index contributed by atoms with van der Waals surface area (Å²) < 4.78 is 4.96. The van der Waals surface area contributed by atoms with Crippen molar-refractivity contribution in [2.75, 3.05) is 6.61 Å². The second kappa shape index (κ2) is 6.51. The van der Waals surface area contributed by atoms with E-state index in [2.05, 4.69) is 4.98 Å². The van der Waals surface area contributed by atoms with Crippen molar-refractivity contribution in [2.45, 2.75) is 64.6 Å². The summed E-state index contributed by atoms with van der Waals surface area (Å²) in [6.07, 6.45) is 1.44. The fourth-order valence-electron chi connectivity index (χ4n) is 3.89. The molecule has 6 heteroatoms. The largest absolute Gasteiger partial charge is 0.461 e. The predicted molar refractivity (Wildman–Crippen MR) is 91.7 cm³/mol. The van der Waals surface area contributed by atoms with E-state index < -0.39 is 5.97 Å². The molecule has 1 aromatic heterocycles. The lowest BCUT2D eigenvalue weighted by Crippen LogP contribution is -2.65. The lowest BCUT2D eigenvalue weighted by Gasteiger charge is -2.54. The van der Waals surface area contributed by atoms with Crippen LogP contribution in [0, 0.1) is 0 Å². The molecule has 0 bridgehead atoms. The van der Waals surface area contributed by atoms with Gasteiger partial charge in [-0.3, -0.25) is 4.79 Å².